The van der Waals surface area contributed by atoms with E-state index < -0.39 is 10.8 Å². The summed E-state index contributed by atoms with van der Waals surface area (Å²) in [6.45, 7) is 3.44. The maximum absolute atomic E-state index is 11.9. The molecule has 1 aromatic carbocycles. The molecular weight excluding hydrogens is 274 g/mol. The van der Waals surface area contributed by atoms with E-state index in [1.165, 1.54) is 0 Å². The fourth-order valence-electron chi connectivity index (χ4n) is 2.24. The van der Waals surface area contributed by atoms with Crippen LogP contribution >= 0.6 is 0 Å². The molecule has 0 amide bonds. The smallest absolute Gasteiger partial charge is 0.161 e. The summed E-state index contributed by atoms with van der Waals surface area (Å²) in [5, 5.41) is 3.24. The molecule has 2 atom stereocenters. The lowest BCUT2D eigenvalue weighted by Gasteiger charge is -2.18. The molecule has 0 saturated heterocycles. The Bertz CT molecular complexity index is 464. The number of ether oxygens (including phenoxy) is 2. The van der Waals surface area contributed by atoms with Gasteiger partial charge in [-0.1, -0.05) is 13.0 Å². The van der Waals surface area contributed by atoms with Gasteiger partial charge in [0.1, 0.15) is 0 Å². The number of hydrogen-bond acceptors (Lipinski definition) is 4. The molecule has 5 heteroatoms. The summed E-state index contributed by atoms with van der Waals surface area (Å²) < 4.78 is 23.3. The largest absolute Gasteiger partial charge is 0.490 e. The van der Waals surface area contributed by atoms with Crippen LogP contribution in [0, 0.1) is 0 Å². The summed E-state index contributed by atoms with van der Waals surface area (Å²) in [7, 11) is 1.11. The van der Waals surface area contributed by atoms with Crippen LogP contribution in [0.4, 0.5) is 0 Å². The first-order valence-corrected chi connectivity index (χ1v) is 8.65. The van der Waals surface area contributed by atoms with Crippen molar-refractivity contribution in [2.24, 2.45) is 0 Å². The quantitative estimate of drug-likeness (QED) is 0.875. The van der Waals surface area contributed by atoms with Crippen molar-refractivity contribution in [3.05, 3.63) is 23.8 Å². The molecule has 20 heavy (non-hydrogen) atoms. The Morgan fingerprint density at radius 3 is 2.75 bits per heavy atom. The van der Waals surface area contributed by atoms with Crippen LogP contribution < -0.4 is 14.8 Å². The van der Waals surface area contributed by atoms with E-state index in [0.717, 1.165) is 35.7 Å². The average molecular weight is 297 g/mol. The van der Waals surface area contributed by atoms with Gasteiger partial charge in [0, 0.05) is 34.8 Å². The van der Waals surface area contributed by atoms with Crippen LogP contribution in [0.25, 0.3) is 0 Å². The van der Waals surface area contributed by atoms with E-state index in [0.29, 0.717) is 19.0 Å². The zero-order chi connectivity index (χ0) is 14.4. The van der Waals surface area contributed by atoms with Crippen molar-refractivity contribution in [2.45, 2.75) is 25.8 Å². The second-order valence-electron chi connectivity index (χ2n) is 4.91. The van der Waals surface area contributed by atoms with Gasteiger partial charge in [-0.25, -0.2) is 0 Å². The Balaban J connectivity index is 2.13. The predicted molar refractivity (Wildman–Crippen MR) is 82.0 cm³/mol. The second kappa shape index (κ2) is 7.64. The molecule has 0 bridgehead atoms. The molecule has 0 spiro atoms. The molecule has 0 aromatic heterocycles. The first kappa shape index (κ1) is 15.3. The molecule has 1 N–H and O–H groups in total. The SMILES string of the molecule is CCCS(=O)CC(NC)c1ccc2c(c1)OCCCO2. The number of fused-ring (bicyclic) bond motifs is 1. The average Bonchev–Trinajstić information content (AvgIpc) is 2.69. The van der Waals surface area contributed by atoms with Gasteiger partial charge in [-0.3, -0.25) is 4.21 Å². The molecule has 1 heterocycles. The van der Waals surface area contributed by atoms with E-state index in [4.69, 9.17) is 9.47 Å². The molecule has 0 radical (unpaired) electrons. The van der Waals surface area contributed by atoms with Gasteiger partial charge >= 0.3 is 0 Å². The van der Waals surface area contributed by atoms with Crippen molar-refractivity contribution in [1.82, 2.24) is 5.32 Å². The highest BCUT2D eigenvalue weighted by atomic mass is 32.2. The zero-order valence-corrected chi connectivity index (χ0v) is 13.0. The summed E-state index contributed by atoms with van der Waals surface area (Å²) >= 11 is 0. The number of hydrogen-bond donors (Lipinski definition) is 1. The third-order valence-corrected chi connectivity index (χ3v) is 4.88. The Kier molecular flexibility index (Phi) is 5.86. The Morgan fingerprint density at radius 2 is 2.05 bits per heavy atom. The summed E-state index contributed by atoms with van der Waals surface area (Å²) in [5.74, 6) is 2.98. The highest BCUT2D eigenvalue weighted by Crippen LogP contribution is 2.32. The highest BCUT2D eigenvalue weighted by molar-refractivity contribution is 7.85. The van der Waals surface area contributed by atoms with Crippen LogP contribution in [-0.4, -0.2) is 36.0 Å². The van der Waals surface area contributed by atoms with Crippen LogP contribution in [-0.2, 0) is 10.8 Å². The van der Waals surface area contributed by atoms with Crippen molar-refractivity contribution in [3.63, 3.8) is 0 Å². The Labute approximate surface area is 123 Å². The molecule has 0 aliphatic carbocycles. The van der Waals surface area contributed by atoms with Gasteiger partial charge in [0.15, 0.2) is 11.5 Å². The third-order valence-electron chi connectivity index (χ3n) is 3.31. The van der Waals surface area contributed by atoms with E-state index in [1.807, 2.05) is 25.2 Å². The molecule has 1 aliphatic rings. The summed E-state index contributed by atoms with van der Waals surface area (Å²) in [6, 6.07) is 6.06. The fourth-order valence-corrected chi connectivity index (χ4v) is 3.59. The lowest BCUT2D eigenvalue weighted by atomic mass is 10.1. The maximum Gasteiger partial charge on any atom is 0.161 e. The second-order valence-corrected chi connectivity index (χ2v) is 6.53. The van der Waals surface area contributed by atoms with Crippen molar-refractivity contribution in [1.29, 1.82) is 0 Å². The van der Waals surface area contributed by atoms with Gasteiger partial charge in [0.05, 0.1) is 13.2 Å². The van der Waals surface area contributed by atoms with E-state index in [2.05, 4.69) is 12.2 Å². The van der Waals surface area contributed by atoms with Gasteiger partial charge in [-0.05, 0) is 31.2 Å². The van der Waals surface area contributed by atoms with Crippen molar-refractivity contribution in [2.75, 3.05) is 31.8 Å². The topological polar surface area (TPSA) is 47.6 Å². The van der Waals surface area contributed by atoms with Crippen molar-refractivity contribution >= 4 is 10.8 Å². The van der Waals surface area contributed by atoms with Gasteiger partial charge in [-0.15, -0.1) is 0 Å². The summed E-state index contributed by atoms with van der Waals surface area (Å²) in [5.41, 5.74) is 1.10. The first-order valence-electron chi connectivity index (χ1n) is 7.16. The Morgan fingerprint density at radius 1 is 1.30 bits per heavy atom. The monoisotopic (exact) mass is 297 g/mol. The molecule has 4 nitrogen and oxygen atoms in total. The van der Waals surface area contributed by atoms with Gasteiger partial charge in [0.25, 0.3) is 0 Å². The predicted octanol–water partition coefficient (Wildman–Crippen LogP) is 2.27. The van der Waals surface area contributed by atoms with Crippen molar-refractivity contribution in [3.8, 4) is 11.5 Å². The van der Waals surface area contributed by atoms with Crippen LogP contribution in [0.15, 0.2) is 18.2 Å². The van der Waals surface area contributed by atoms with Crippen LogP contribution in [0.1, 0.15) is 31.4 Å². The normalized spacial score (nSPS) is 17.3. The van der Waals surface area contributed by atoms with E-state index >= 15 is 0 Å². The minimum absolute atomic E-state index is 0.0829. The van der Waals surface area contributed by atoms with Gasteiger partial charge in [-0.2, -0.15) is 0 Å². The number of rotatable bonds is 6. The maximum atomic E-state index is 11.9. The van der Waals surface area contributed by atoms with E-state index in [1.54, 1.807) is 0 Å². The number of nitrogens with one attached hydrogen (secondary N) is 1. The van der Waals surface area contributed by atoms with Crippen LogP contribution in [0.2, 0.25) is 0 Å². The van der Waals surface area contributed by atoms with Gasteiger partial charge in [0.2, 0.25) is 0 Å². The summed E-state index contributed by atoms with van der Waals surface area (Å²) in [6.07, 6.45) is 1.85. The molecule has 0 saturated carbocycles. The minimum atomic E-state index is -0.790. The fraction of sp³-hybridized carbons (Fsp3) is 0.600. The lowest BCUT2D eigenvalue weighted by molar-refractivity contribution is 0.297. The molecule has 2 unspecified atom stereocenters. The van der Waals surface area contributed by atoms with Crippen molar-refractivity contribution < 1.29 is 13.7 Å². The van der Waals surface area contributed by atoms with E-state index in [9.17, 15) is 4.21 Å². The highest BCUT2D eigenvalue weighted by Gasteiger charge is 2.17. The molecule has 112 valence electrons. The van der Waals surface area contributed by atoms with Crippen LogP contribution in [0.5, 0.6) is 11.5 Å². The zero-order valence-electron chi connectivity index (χ0n) is 12.2. The van der Waals surface area contributed by atoms with E-state index in [-0.39, 0.29) is 6.04 Å². The summed E-state index contributed by atoms with van der Waals surface area (Å²) in [4.78, 5) is 0. The lowest BCUT2D eigenvalue weighted by Crippen LogP contribution is -2.23. The molecule has 1 aliphatic heterocycles. The first-order chi connectivity index (χ1) is 9.74. The number of benzene rings is 1. The third kappa shape index (κ3) is 3.96. The molecule has 0 fully saturated rings. The standard InChI is InChI=1S/C15H23NO3S/c1-3-9-20(17)11-13(16-2)12-5-6-14-15(10-12)19-8-4-7-18-14/h5-6,10,13,16H,3-4,7-9,11H2,1-2H3. The molecule has 2 rings (SSSR count). The van der Waals surface area contributed by atoms with Gasteiger partial charge < -0.3 is 14.8 Å². The Hall–Kier alpha value is -1.07. The molecular formula is C15H23NO3S. The molecule has 1 aromatic rings. The van der Waals surface area contributed by atoms with Crippen LogP contribution in [0.3, 0.4) is 0 Å². The minimum Gasteiger partial charge on any atom is -0.490 e.